The van der Waals surface area contributed by atoms with E-state index in [4.69, 9.17) is 0 Å². The zero-order valence-corrected chi connectivity index (χ0v) is 13.2. The van der Waals surface area contributed by atoms with Crippen LogP contribution in [-0.2, 0) is 16.0 Å². The molecule has 0 fully saturated rings. The molecule has 0 spiro atoms. The molecule has 0 saturated heterocycles. The largest absolute Gasteiger partial charge is 0.433 e. The van der Waals surface area contributed by atoms with Crippen molar-refractivity contribution >= 4 is 21.6 Å². The summed E-state index contributed by atoms with van der Waals surface area (Å²) >= 11 is 0.997. The van der Waals surface area contributed by atoms with E-state index in [1.807, 2.05) is 0 Å². The summed E-state index contributed by atoms with van der Waals surface area (Å²) in [6, 6.07) is 6.35. The fourth-order valence-corrected chi connectivity index (χ4v) is 2.69. The minimum atomic E-state index is -4.57. The van der Waals surface area contributed by atoms with Gasteiger partial charge in [-0.05, 0) is 24.5 Å². The lowest BCUT2D eigenvalue weighted by atomic mass is 10.1. The third-order valence-corrected chi connectivity index (χ3v) is 4.43. The van der Waals surface area contributed by atoms with E-state index in [9.17, 15) is 21.6 Å². The molecule has 118 valence electrons. The first-order chi connectivity index (χ1) is 10.1. The van der Waals surface area contributed by atoms with Crippen LogP contribution in [0.1, 0.15) is 5.69 Å². The van der Waals surface area contributed by atoms with E-state index < -0.39 is 21.7 Å². The van der Waals surface area contributed by atoms with Crippen LogP contribution in [0.15, 0.2) is 40.4 Å². The van der Waals surface area contributed by atoms with Crippen molar-refractivity contribution in [1.82, 2.24) is 9.97 Å². The number of halogens is 3. The Balaban J connectivity index is 2.52. The van der Waals surface area contributed by atoms with Crippen molar-refractivity contribution in [2.75, 3.05) is 12.5 Å². The lowest BCUT2D eigenvalue weighted by molar-refractivity contribution is -0.141. The Kier molecular flexibility index (Phi) is 4.48. The van der Waals surface area contributed by atoms with Crippen LogP contribution >= 0.6 is 11.8 Å². The fraction of sp³-hybridized carbons (Fsp3) is 0.231. The first-order valence-corrected chi connectivity index (χ1v) is 9.03. The molecule has 0 aliphatic carbocycles. The summed E-state index contributed by atoms with van der Waals surface area (Å²) in [5, 5.41) is -0.00276. The van der Waals surface area contributed by atoms with Gasteiger partial charge in [0.2, 0.25) is 0 Å². The molecule has 4 nitrogen and oxygen atoms in total. The van der Waals surface area contributed by atoms with Crippen molar-refractivity contribution in [2.24, 2.45) is 0 Å². The first kappa shape index (κ1) is 16.8. The highest BCUT2D eigenvalue weighted by atomic mass is 32.2. The van der Waals surface area contributed by atoms with E-state index in [-0.39, 0.29) is 15.7 Å². The Morgan fingerprint density at radius 1 is 1.09 bits per heavy atom. The van der Waals surface area contributed by atoms with E-state index in [2.05, 4.69) is 9.97 Å². The molecule has 1 aromatic heterocycles. The second-order valence-electron chi connectivity index (χ2n) is 4.42. The molecule has 2 rings (SSSR count). The summed E-state index contributed by atoms with van der Waals surface area (Å²) in [6.07, 6.45) is -1.94. The van der Waals surface area contributed by atoms with Crippen LogP contribution in [-0.4, -0.2) is 30.9 Å². The topological polar surface area (TPSA) is 59.9 Å². The average molecular weight is 348 g/mol. The minimum absolute atomic E-state index is 0.00276. The van der Waals surface area contributed by atoms with Crippen LogP contribution in [0.3, 0.4) is 0 Å². The molecule has 1 aromatic carbocycles. The lowest BCUT2D eigenvalue weighted by Crippen LogP contribution is -2.10. The van der Waals surface area contributed by atoms with Gasteiger partial charge < -0.3 is 0 Å². The molecule has 0 aliphatic heterocycles. The molecule has 0 radical (unpaired) electrons. The molecule has 0 amide bonds. The molecule has 0 aliphatic rings. The number of nitrogens with zero attached hydrogens (tertiary/aromatic N) is 2. The van der Waals surface area contributed by atoms with Gasteiger partial charge in [0, 0.05) is 11.8 Å². The third-order valence-electron chi connectivity index (χ3n) is 2.76. The average Bonchev–Trinajstić information content (AvgIpc) is 2.45. The quantitative estimate of drug-likeness (QED) is 0.629. The van der Waals surface area contributed by atoms with Crippen LogP contribution in [0.4, 0.5) is 13.2 Å². The normalized spacial score (nSPS) is 12.4. The highest BCUT2D eigenvalue weighted by Crippen LogP contribution is 2.31. The van der Waals surface area contributed by atoms with Crippen molar-refractivity contribution in [3.8, 4) is 11.3 Å². The molecule has 1 heterocycles. The number of sulfone groups is 1. The van der Waals surface area contributed by atoms with Gasteiger partial charge in [0.25, 0.3) is 0 Å². The molecular weight excluding hydrogens is 337 g/mol. The predicted molar refractivity (Wildman–Crippen MR) is 77.4 cm³/mol. The van der Waals surface area contributed by atoms with Crippen LogP contribution in [0.5, 0.6) is 0 Å². The maximum Gasteiger partial charge on any atom is 0.433 e. The Hall–Kier alpha value is -1.61. The van der Waals surface area contributed by atoms with Gasteiger partial charge in [0.1, 0.15) is 5.69 Å². The molecule has 0 saturated carbocycles. The second kappa shape index (κ2) is 5.88. The van der Waals surface area contributed by atoms with Crippen molar-refractivity contribution in [1.29, 1.82) is 0 Å². The maximum atomic E-state index is 12.8. The Morgan fingerprint density at radius 3 is 2.14 bits per heavy atom. The Morgan fingerprint density at radius 2 is 1.68 bits per heavy atom. The zero-order chi connectivity index (χ0) is 16.5. The molecule has 0 atom stereocenters. The van der Waals surface area contributed by atoms with Gasteiger partial charge >= 0.3 is 6.18 Å². The van der Waals surface area contributed by atoms with E-state index in [1.54, 1.807) is 6.26 Å². The monoisotopic (exact) mass is 348 g/mol. The number of thioether (sulfide) groups is 1. The van der Waals surface area contributed by atoms with Gasteiger partial charge in [-0.2, -0.15) is 13.2 Å². The summed E-state index contributed by atoms with van der Waals surface area (Å²) in [5.74, 6) is 0. The highest BCUT2D eigenvalue weighted by Gasteiger charge is 2.33. The summed E-state index contributed by atoms with van der Waals surface area (Å²) < 4.78 is 61.3. The van der Waals surface area contributed by atoms with Crippen molar-refractivity contribution in [3.63, 3.8) is 0 Å². The molecular formula is C13H11F3N2O2S2. The molecule has 0 bridgehead atoms. The Bertz CT molecular complexity index is 788. The van der Waals surface area contributed by atoms with Gasteiger partial charge in [0.05, 0.1) is 10.6 Å². The smallest absolute Gasteiger partial charge is 0.224 e. The van der Waals surface area contributed by atoms with Crippen molar-refractivity contribution in [2.45, 2.75) is 16.2 Å². The van der Waals surface area contributed by atoms with E-state index in [1.165, 1.54) is 24.3 Å². The minimum Gasteiger partial charge on any atom is -0.224 e. The standard InChI is InChI=1S/C13H11F3N2O2S2/c1-21-12-17-10(7-11(18-12)13(14,15)16)8-3-5-9(6-4-8)22(2,19)20/h3-7H,1-2H3. The van der Waals surface area contributed by atoms with Crippen molar-refractivity contribution in [3.05, 3.63) is 36.0 Å². The van der Waals surface area contributed by atoms with Gasteiger partial charge in [-0.25, -0.2) is 18.4 Å². The molecule has 0 unspecified atom stereocenters. The van der Waals surface area contributed by atoms with Crippen LogP contribution < -0.4 is 0 Å². The second-order valence-corrected chi connectivity index (χ2v) is 7.21. The first-order valence-electron chi connectivity index (χ1n) is 5.92. The lowest BCUT2D eigenvalue weighted by Gasteiger charge is -2.10. The molecule has 2 aromatic rings. The number of alkyl halides is 3. The van der Waals surface area contributed by atoms with Crippen molar-refractivity contribution < 1.29 is 21.6 Å². The SMILES string of the molecule is CSc1nc(-c2ccc(S(C)(=O)=O)cc2)cc(C(F)(F)F)n1. The number of aromatic nitrogens is 2. The van der Waals surface area contributed by atoms with Gasteiger partial charge in [-0.1, -0.05) is 23.9 Å². The number of hydrogen-bond donors (Lipinski definition) is 0. The molecule has 22 heavy (non-hydrogen) atoms. The van der Waals surface area contributed by atoms with Gasteiger partial charge in [-0.15, -0.1) is 0 Å². The van der Waals surface area contributed by atoms with Gasteiger partial charge in [-0.3, -0.25) is 0 Å². The van der Waals surface area contributed by atoms with Crippen LogP contribution in [0.2, 0.25) is 0 Å². The third kappa shape index (κ3) is 3.77. The Labute approximate surface area is 129 Å². The fourth-order valence-electron chi connectivity index (χ4n) is 1.68. The summed E-state index contributed by atoms with van der Waals surface area (Å²) in [6.45, 7) is 0. The summed E-state index contributed by atoms with van der Waals surface area (Å²) in [4.78, 5) is 7.56. The highest BCUT2D eigenvalue weighted by molar-refractivity contribution is 7.98. The zero-order valence-electron chi connectivity index (χ0n) is 11.5. The number of hydrogen-bond acceptors (Lipinski definition) is 5. The summed E-state index contributed by atoms with van der Waals surface area (Å²) in [5.41, 5.74) is -0.559. The number of benzene rings is 1. The van der Waals surface area contributed by atoms with Crippen LogP contribution in [0, 0.1) is 0 Å². The number of rotatable bonds is 3. The maximum absolute atomic E-state index is 12.8. The van der Waals surface area contributed by atoms with Crippen LogP contribution in [0.25, 0.3) is 11.3 Å². The van der Waals surface area contributed by atoms with E-state index >= 15 is 0 Å². The molecule has 0 N–H and O–H groups in total. The van der Waals surface area contributed by atoms with Gasteiger partial charge in [0.15, 0.2) is 15.0 Å². The van der Waals surface area contributed by atoms with E-state index in [0.29, 0.717) is 5.56 Å². The predicted octanol–water partition coefficient (Wildman–Crippen LogP) is 3.29. The van der Waals surface area contributed by atoms with E-state index in [0.717, 1.165) is 24.1 Å². The summed E-state index contributed by atoms with van der Waals surface area (Å²) in [7, 11) is -3.36. The molecule has 9 heteroatoms.